The van der Waals surface area contributed by atoms with E-state index in [0.717, 1.165) is 5.56 Å². The Kier molecular flexibility index (Phi) is 2.84. The normalized spacial score (nSPS) is 13.0. The van der Waals surface area contributed by atoms with Crippen molar-refractivity contribution in [2.24, 2.45) is 7.05 Å². The summed E-state index contributed by atoms with van der Waals surface area (Å²) in [4.78, 5) is 24.6. The maximum Gasteiger partial charge on any atom is 0.275 e. The summed E-state index contributed by atoms with van der Waals surface area (Å²) in [6.07, 6.45) is 0. The maximum atomic E-state index is 12.4. The van der Waals surface area contributed by atoms with Gasteiger partial charge in [0.2, 0.25) is 6.79 Å². The van der Waals surface area contributed by atoms with E-state index in [1.54, 1.807) is 18.5 Å². The predicted molar refractivity (Wildman–Crippen MR) is 84.2 cm³/mol. The molecule has 3 aromatic rings. The molecule has 3 heterocycles. The topological polar surface area (TPSA) is 78.2 Å². The second kappa shape index (κ2) is 4.77. The van der Waals surface area contributed by atoms with Crippen LogP contribution in [0.1, 0.15) is 11.3 Å². The lowest BCUT2D eigenvalue weighted by Crippen LogP contribution is -2.23. The second-order valence-electron chi connectivity index (χ2n) is 5.61. The van der Waals surface area contributed by atoms with E-state index >= 15 is 0 Å². The van der Waals surface area contributed by atoms with Gasteiger partial charge in [0.1, 0.15) is 0 Å². The van der Waals surface area contributed by atoms with E-state index in [0.29, 0.717) is 34.6 Å². The van der Waals surface area contributed by atoms with Crippen molar-refractivity contribution in [2.75, 3.05) is 6.79 Å². The molecular formula is C16H15N3O4. The molecule has 23 heavy (non-hydrogen) atoms. The first kappa shape index (κ1) is 13.7. The number of hydrogen-bond acceptors (Lipinski definition) is 4. The summed E-state index contributed by atoms with van der Waals surface area (Å²) >= 11 is 0. The average Bonchev–Trinajstić information content (AvgIpc) is 3.08. The zero-order valence-corrected chi connectivity index (χ0v) is 12.8. The number of hydrogen-bond donors (Lipinski definition) is 1. The van der Waals surface area contributed by atoms with Gasteiger partial charge < -0.3 is 14.0 Å². The van der Waals surface area contributed by atoms with Crippen LogP contribution in [-0.2, 0) is 13.6 Å². The first-order valence-corrected chi connectivity index (χ1v) is 7.22. The number of ether oxygens (including phenoxy) is 2. The smallest absolute Gasteiger partial charge is 0.275 e. The fraction of sp³-hybridized carbons (Fsp3) is 0.250. The summed E-state index contributed by atoms with van der Waals surface area (Å²) in [6, 6.07) is 7.02. The lowest BCUT2D eigenvalue weighted by atomic mass is 10.1. The van der Waals surface area contributed by atoms with Crippen LogP contribution in [0.4, 0.5) is 0 Å². The number of H-pyrrole nitrogens is 1. The molecule has 0 aliphatic carbocycles. The van der Waals surface area contributed by atoms with Crippen molar-refractivity contribution in [3.63, 3.8) is 0 Å². The third-order valence-corrected chi connectivity index (χ3v) is 4.15. The summed E-state index contributed by atoms with van der Waals surface area (Å²) in [7, 11) is 1.63. The summed E-state index contributed by atoms with van der Waals surface area (Å²) in [5.74, 6) is 1.37. The Hall–Kier alpha value is -2.96. The minimum atomic E-state index is -0.158. The number of aromatic amines is 1. The molecule has 1 aromatic carbocycles. The summed E-state index contributed by atoms with van der Waals surface area (Å²) < 4.78 is 13.6. The van der Waals surface area contributed by atoms with Gasteiger partial charge in [-0.3, -0.25) is 19.4 Å². The number of aryl methyl sites for hydroxylation is 2. The van der Waals surface area contributed by atoms with E-state index in [1.807, 2.05) is 18.2 Å². The Morgan fingerprint density at radius 2 is 1.96 bits per heavy atom. The molecule has 118 valence electrons. The number of rotatable bonds is 2. The molecule has 0 amide bonds. The predicted octanol–water partition coefficient (Wildman–Crippen LogP) is 1.11. The molecule has 2 aromatic heterocycles. The Morgan fingerprint density at radius 3 is 2.78 bits per heavy atom. The molecule has 0 spiro atoms. The summed E-state index contributed by atoms with van der Waals surface area (Å²) in [5, 5.41) is 3.42. The molecule has 4 rings (SSSR count). The molecule has 0 bridgehead atoms. The van der Waals surface area contributed by atoms with Crippen molar-refractivity contribution < 1.29 is 9.47 Å². The van der Waals surface area contributed by atoms with Gasteiger partial charge in [-0.2, -0.15) is 0 Å². The first-order chi connectivity index (χ1) is 11.0. The van der Waals surface area contributed by atoms with Gasteiger partial charge in [0.15, 0.2) is 11.5 Å². The minimum absolute atomic E-state index is 0.142. The SMILES string of the molecule is Cc1c2c(=O)n(C)[nH]c2cc(=O)n1Cc1ccc2c(c1)OCO2. The quantitative estimate of drug-likeness (QED) is 0.769. The zero-order chi connectivity index (χ0) is 16.1. The Morgan fingerprint density at radius 1 is 1.17 bits per heavy atom. The Bertz CT molecular complexity index is 1040. The van der Waals surface area contributed by atoms with Crippen LogP contribution in [0.15, 0.2) is 33.9 Å². The number of nitrogens with one attached hydrogen (secondary N) is 1. The minimum Gasteiger partial charge on any atom is -0.454 e. The number of aromatic nitrogens is 3. The van der Waals surface area contributed by atoms with Crippen LogP contribution in [0.2, 0.25) is 0 Å². The van der Waals surface area contributed by atoms with Gasteiger partial charge >= 0.3 is 0 Å². The van der Waals surface area contributed by atoms with Crippen molar-refractivity contribution in [3.8, 4) is 11.5 Å². The highest BCUT2D eigenvalue weighted by molar-refractivity contribution is 5.80. The van der Waals surface area contributed by atoms with Crippen molar-refractivity contribution in [1.29, 1.82) is 0 Å². The molecule has 7 heteroatoms. The molecule has 0 atom stereocenters. The molecule has 1 N–H and O–H groups in total. The van der Waals surface area contributed by atoms with Gasteiger partial charge in [-0.15, -0.1) is 0 Å². The van der Waals surface area contributed by atoms with Crippen LogP contribution in [0.3, 0.4) is 0 Å². The van der Waals surface area contributed by atoms with Crippen LogP contribution in [0, 0.1) is 6.92 Å². The van der Waals surface area contributed by atoms with E-state index in [9.17, 15) is 9.59 Å². The second-order valence-corrected chi connectivity index (χ2v) is 5.61. The molecule has 0 unspecified atom stereocenters. The third kappa shape index (κ3) is 2.04. The number of benzene rings is 1. The largest absolute Gasteiger partial charge is 0.454 e. The summed E-state index contributed by atoms with van der Waals surface area (Å²) in [6.45, 7) is 2.36. The van der Waals surface area contributed by atoms with E-state index < -0.39 is 0 Å². The fourth-order valence-electron chi connectivity index (χ4n) is 2.94. The Balaban J connectivity index is 1.84. The van der Waals surface area contributed by atoms with Crippen molar-refractivity contribution >= 4 is 10.9 Å². The van der Waals surface area contributed by atoms with E-state index in [-0.39, 0.29) is 17.9 Å². The molecule has 1 aliphatic rings. The van der Waals surface area contributed by atoms with Gasteiger partial charge in [0, 0.05) is 18.8 Å². The Labute approximate surface area is 130 Å². The molecule has 1 aliphatic heterocycles. The molecule has 0 radical (unpaired) electrons. The monoisotopic (exact) mass is 313 g/mol. The highest BCUT2D eigenvalue weighted by atomic mass is 16.7. The fourth-order valence-corrected chi connectivity index (χ4v) is 2.94. The van der Waals surface area contributed by atoms with Crippen molar-refractivity contribution in [3.05, 3.63) is 56.2 Å². The number of pyridine rings is 1. The van der Waals surface area contributed by atoms with Crippen LogP contribution >= 0.6 is 0 Å². The van der Waals surface area contributed by atoms with Gasteiger partial charge in [-0.05, 0) is 24.6 Å². The standard InChI is InChI=1S/C16H15N3O4/c1-9-15-11(17-18(2)16(15)21)6-14(20)19(9)7-10-3-4-12-13(5-10)23-8-22-12/h3-6,17H,7-8H2,1-2H3. The molecule has 0 saturated heterocycles. The van der Waals surface area contributed by atoms with Crippen LogP contribution in [-0.4, -0.2) is 21.1 Å². The molecular weight excluding hydrogens is 298 g/mol. The van der Waals surface area contributed by atoms with E-state index in [4.69, 9.17) is 9.47 Å². The van der Waals surface area contributed by atoms with Crippen molar-refractivity contribution in [1.82, 2.24) is 14.3 Å². The van der Waals surface area contributed by atoms with Gasteiger partial charge in [-0.25, -0.2) is 0 Å². The lowest BCUT2D eigenvalue weighted by Gasteiger charge is -2.10. The van der Waals surface area contributed by atoms with Crippen LogP contribution < -0.4 is 20.6 Å². The molecule has 0 saturated carbocycles. The van der Waals surface area contributed by atoms with Crippen LogP contribution in [0.5, 0.6) is 11.5 Å². The number of fused-ring (bicyclic) bond motifs is 2. The van der Waals surface area contributed by atoms with Crippen molar-refractivity contribution in [2.45, 2.75) is 13.5 Å². The lowest BCUT2D eigenvalue weighted by molar-refractivity contribution is 0.174. The van der Waals surface area contributed by atoms with Gasteiger partial charge in [0.25, 0.3) is 11.1 Å². The highest BCUT2D eigenvalue weighted by Crippen LogP contribution is 2.32. The average molecular weight is 313 g/mol. The number of nitrogens with zero attached hydrogens (tertiary/aromatic N) is 2. The molecule has 7 nitrogen and oxygen atoms in total. The zero-order valence-electron chi connectivity index (χ0n) is 12.8. The first-order valence-electron chi connectivity index (χ1n) is 7.22. The van der Waals surface area contributed by atoms with E-state index in [2.05, 4.69) is 5.10 Å². The highest BCUT2D eigenvalue weighted by Gasteiger charge is 2.16. The van der Waals surface area contributed by atoms with Gasteiger partial charge in [-0.1, -0.05) is 6.07 Å². The maximum absolute atomic E-state index is 12.4. The summed E-state index contributed by atoms with van der Waals surface area (Å²) in [5.41, 5.74) is 1.81. The third-order valence-electron chi connectivity index (χ3n) is 4.15. The van der Waals surface area contributed by atoms with Gasteiger partial charge in [0.05, 0.1) is 17.4 Å². The van der Waals surface area contributed by atoms with Crippen LogP contribution in [0.25, 0.3) is 10.9 Å². The molecule has 0 fully saturated rings. The van der Waals surface area contributed by atoms with E-state index in [1.165, 1.54) is 10.7 Å².